The van der Waals surface area contributed by atoms with Gasteiger partial charge in [0, 0.05) is 66.1 Å². The predicted molar refractivity (Wildman–Crippen MR) is 106 cm³/mol. The maximum absolute atomic E-state index is 12.8. The summed E-state index contributed by atoms with van der Waals surface area (Å²) in [6, 6.07) is 1.85. The van der Waals surface area contributed by atoms with Crippen LogP contribution in [0.4, 0.5) is 5.82 Å². The van der Waals surface area contributed by atoms with E-state index in [0.717, 1.165) is 55.1 Å². The van der Waals surface area contributed by atoms with E-state index in [1.165, 1.54) is 17.7 Å². The molecule has 1 aliphatic carbocycles. The molecular weight excluding hydrogens is 406 g/mol. The van der Waals surface area contributed by atoms with Gasteiger partial charge < -0.3 is 9.80 Å². The number of hydrogen-bond acceptors (Lipinski definition) is 5. The van der Waals surface area contributed by atoms with Crippen LogP contribution < -0.4 is 4.90 Å². The Balaban J connectivity index is 1.31. The molecule has 2 aliphatic heterocycles. The van der Waals surface area contributed by atoms with Crippen molar-refractivity contribution >= 4 is 27.7 Å². The molecule has 140 valence electrons. The van der Waals surface area contributed by atoms with E-state index in [0.29, 0.717) is 17.4 Å². The molecule has 2 fully saturated rings. The number of anilines is 1. The summed E-state index contributed by atoms with van der Waals surface area (Å²) in [4.78, 5) is 30.8. The van der Waals surface area contributed by atoms with Gasteiger partial charge in [0.2, 0.25) is 0 Å². The Kier molecular flexibility index (Phi) is 4.15. The monoisotopic (exact) mass is 427 g/mol. The lowest BCUT2D eigenvalue weighted by atomic mass is 10.0. The lowest BCUT2D eigenvalue weighted by Gasteiger charge is -2.24. The highest BCUT2D eigenvalue weighted by Gasteiger charge is 2.43. The van der Waals surface area contributed by atoms with Crippen molar-refractivity contribution in [3.8, 4) is 0 Å². The normalized spacial score (nSPS) is 23.6. The Hall–Kier alpha value is -2.02. The third-order valence-corrected chi connectivity index (χ3v) is 6.48. The zero-order valence-corrected chi connectivity index (χ0v) is 16.9. The SMILES string of the molecule is Cc1nc2c(c(N3CC4CN(C(=O)c5cncc(Br)c5)CC4C3)n1)CCC2. The van der Waals surface area contributed by atoms with Crippen molar-refractivity contribution in [3.05, 3.63) is 45.6 Å². The molecule has 0 saturated carbocycles. The lowest BCUT2D eigenvalue weighted by Crippen LogP contribution is -2.34. The second-order valence-corrected chi connectivity index (χ2v) is 8.82. The average Bonchev–Trinajstić information content (AvgIpc) is 3.34. The molecule has 4 heterocycles. The van der Waals surface area contributed by atoms with E-state index >= 15 is 0 Å². The van der Waals surface area contributed by atoms with Gasteiger partial charge >= 0.3 is 0 Å². The van der Waals surface area contributed by atoms with Gasteiger partial charge in [-0.05, 0) is 48.2 Å². The first-order chi connectivity index (χ1) is 13.1. The van der Waals surface area contributed by atoms with E-state index in [9.17, 15) is 4.79 Å². The van der Waals surface area contributed by atoms with Gasteiger partial charge in [-0.15, -0.1) is 0 Å². The second-order valence-electron chi connectivity index (χ2n) is 7.90. The predicted octanol–water partition coefficient (Wildman–Crippen LogP) is 2.64. The number of aryl methyl sites for hydroxylation is 2. The average molecular weight is 428 g/mol. The van der Waals surface area contributed by atoms with Crippen LogP contribution in [-0.2, 0) is 12.8 Å². The number of halogens is 1. The summed E-state index contributed by atoms with van der Waals surface area (Å²) in [6.45, 7) is 5.59. The summed E-state index contributed by atoms with van der Waals surface area (Å²) in [5.41, 5.74) is 3.26. The third-order valence-electron chi connectivity index (χ3n) is 6.05. The third kappa shape index (κ3) is 3.02. The van der Waals surface area contributed by atoms with Crippen LogP contribution in [0.3, 0.4) is 0 Å². The van der Waals surface area contributed by atoms with Crippen molar-refractivity contribution in [1.29, 1.82) is 0 Å². The highest BCUT2D eigenvalue weighted by Crippen LogP contribution is 2.37. The highest BCUT2D eigenvalue weighted by atomic mass is 79.9. The van der Waals surface area contributed by atoms with Crippen molar-refractivity contribution in [2.75, 3.05) is 31.1 Å². The maximum atomic E-state index is 12.8. The Morgan fingerprint density at radius 3 is 2.63 bits per heavy atom. The standard InChI is InChI=1S/C20H22BrN5O/c1-12-23-18-4-2-3-17(18)19(24-12)25-8-14-10-26(11-15(14)9-25)20(27)13-5-16(21)7-22-6-13/h5-7,14-15H,2-4,8-11H2,1H3. The molecular formula is C20H22BrN5O. The number of likely N-dealkylation sites (tertiary alicyclic amines) is 1. The highest BCUT2D eigenvalue weighted by molar-refractivity contribution is 9.10. The van der Waals surface area contributed by atoms with Gasteiger partial charge in [0.15, 0.2) is 0 Å². The molecule has 3 aliphatic rings. The van der Waals surface area contributed by atoms with Gasteiger partial charge in [0.05, 0.1) is 5.56 Å². The molecule has 1 amide bonds. The zero-order valence-electron chi connectivity index (χ0n) is 15.4. The molecule has 0 radical (unpaired) electrons. The molecule has 27 heavy (non-hydrogen) atoms. The molecule has 5 rings (SSSR count). The van der Waals surface area contributed by atoms with Crippen LogP contribution in [0.2, 0.25) is 0 Å². The number of rotatable bonds is 2. The maximum Gasteiger partial charge on any atom is 0.255 e. The topological polar surface area (TPSA) is 62.2 Å². The molecule has 0 spiro atoms. The summed E-state index contributed by atoms with van der Waals surface area (Å²) in [7, 11) is 0. The Labute approximate surface area is 167 Å². The van der Waals surface area contributed by atoms with Crippen molar-refractivity contribution in [2.45, 2.75) is 26.2 Å². The van der Waals surface area contributed by atoms with E-state index in [-0.39, 0.29) is 5.91 Å². The molecule has 0 N–H and O–H groups in total. The van der Waals surface area contributed by atoms with E-state index in [2.05, 4.69) is 30.8 Å². The minimum Gasteiger partial charge on any atom is -0.356 e. The lowest BCUT2D eigenvalue weighted by molar-refractivity contribution is 0.0782. The first-order valence-electron chi connectivity index (χ1n) is 9.59. The number of carbonyl (C=O) groups excluding carboxylic acids is 1. The summed E-state index contributed by atoms with van der Waals surface area (Å²) in [5.74, 6) is 3.14. The van der Waals surface area contributed by atoms with Crippen LogP contribution in [0.15, 0.2) is 22.9 Å². The number of fused-ring (bicyclic) bond motifs is 2. The minimum absolute atomic E-state index is 0.0866. The molecule has 2 unspecified atom stereocenters. The number of nitrogens with zero attached hydrogens (tertiary/aromatic N) is 5. The van der Waals surface area contributed by atoms with E-state index in [1.54, 1.807) is 12.4 Å². The summed E-state index contributed by atoms with van der Waals surface area (Å²) in [5, 5.41) is 0. The molecule has 0 bridgehead atoms. The first-order valence-corrected chi connectivity index (χ1v) is 10.4. The summed E-state index contributed by atoms with van der Waals surface area (Å²) in [6.07, 6.45) is 6.72. The molecule has 6 nitrogen and oxygen atoms in total. The van der Waals surface area contributed by atoms with Gasteiger partial charge in [-0.3, -0.25) is 9.78 Å². The van der Waals surface area contributed by atoms with Crippen LogP contribution in [0.25, 0.3) is 0 Å². The van der Waals surface area contributed by atoms with Crippen LogP contribution in [0.1, 0.15) is 33.9 Å². The Morgan fingerprint density at radius 2 is 1.89 bits per heavy atom. The van der Waals surface area contributed by atoms with Crippen molar-refractivity contribution in [2.24, 2.45) is 11.8 Å². The molecule has 2 saturated heterocycles. The number of aromatic nitrogens is 3. The first kappa shape index (κ1) is 17.1. The molecule has 2 aromatic rings. The van der Waals surface area contributed by atoms with Gasteiger partial charge in [0.1, 0.15) is 11.6 Å². The molecule has 0 aromatic carbocycles. The molecule has 2 atom stereocenters. The quantitative estimate of drug-likeness (QED) is 0.736. The van der Waals surface area contributed by atoms with Crippen LogP contribution in [0.5, 0.6) is 0 Å². The number of amides is 1. The van der Waals surface area contributed by atoms with Crippen molar-refractivity contribution < 1.29 is 4.79 Å². The van der Waals surface area contributed by atoms with E-state index < -0.39 is 0 Å². The summed E-state index contributed by atoms with van der Waals surface area (Å²) >= 11 is 3.40. The largest absolute Gasteiger partial charge is 0.356 e. The van der Waals surface area contributed by atoms with Gasteiger partial charge in [-0.25, -0.2) is 9.97 Å². The van der Waals surface area contributed by atoms with Gasteiger partial charge in [-0.2, -0.15) is 0 Å². The molecule has 2 aromatic heterocycles. The van der Waals surface area contributed by atoms with Crippen molar-refractivity contribution in [3.63, 3.8) is 0 Å². The Morgan fingerprint density at radius 1 is 1.11 bits per heavy atom. The smallest absolute Gasteiger partial charge is 0.255 e. The fourth-order valence-corrected chi connectivity index (χ4v) is 5.20. The van der Waals surface area contributed by atoms with Crippen LogP contribution in [-0.4, -0.2) is 51.9 Å². The Bertz CT molecular complexity index is 903. The zero-order chi connectivity index (χ0) is 18.5. The molecule has 7 heteroatoms. The van der Waals surface area contributed by atoms with Gasteiger partial charge in [0.25, 0.3) is 5.91 Å². The second kappa shape index (κ2) is 6.55. The van der Waals surface area contributed by atoms with Gasteiger partial charge in [-0.1, -0.05) is 0 Å². The fraction of sp³-hybridized carbons (Fsp3) is 0.500. The number of carbonyl (C=O) groups is 1. The minimum atomic E-state index is 0.0866. The van der Waals surface area contributed by atoms with E-state index in [4.69, 9.17) is 4.98 Å². The van der Waals surface area contributed by atoms with E-state index in [1.807, 2.05) is 17.9 Å². The number of pyridine rings is 1. The number of hydrogen-bond donors (Lipinski definition) is 0. The van der Waals surface area contributed by atoms with Crippen LogP contribution >= 0.6 is 15.9 Å². The van der Waals surface area contributed by atoms with Crippen LogP contribution in [0, 0.1) is 18.8 Å². The summed E-state index contributed by atoms with van der Waals surface area (Å²) < 4.78 is 0.840. The fourth-order valence-electron chi connectivity index (χ4n) is 4.84. The van der Waals surface area contributed by atoms with Crippen molar-refractivity contribution in [1.82, 2.24) is 19.9 Å².